The molecule has 1 atom stereocenters. The van der Waals surface area contributed by atoms with Gasteiger partial charge in [0, 0.05) is 23.0 Å². The summed E-state index contributed by atoms with van der Waals surface area (Å²) in [5, 5.41) is 11.7. The number of carbonyl (C=O) groups excluding carboxylic acids is 2. The number of nitrogens with one attached hydrogen (secondary N) is 1. The summed E-state index contributed by atoms with van der Waals surface area (Å²) in [5.74, 6) is -4.30. The third-order valence-corrected chi connectivity index (χ3v) is 5.09. The first kappa shape index (κ1) is 19.4. The summed E-state index contributed by atoms with van der Waals surface area (Å²) in [5.41, 5.74) is 1.92. The first-order chi connectivity index (χ1) is 14.4. The third kappa shape index (κ3) is 3.14. The predicted molar refractivity (Wildman–Crippen MR) is 104 cm³/mol. The van der Waals surface area contributed by atoms with Crippen molar-refractivity contribution in [1.29, 1.82) is 0 Å². The Bertz CT molecular complexity index is 1140. The van der Waals surface area contributed by atoms with Gasteiger partial charge in [0.2, 0.25) is 6.41 Å². The normalized spacial score (nSPS) is 16.7. The monoisotopic (exact) mass is 411 g/mol. The van der Waals surface area contributed by atoms with Gasteiger partial charge in [0.25, 0.3) is 0 Å². The molecule has 2 heterocycles. The highest BCUT2D eigenvalue weighted by atomic mass is 19.2. The number of fused-ring (bicyclic) bond motifs is 3. The second-order valence-electron chi connectivity index (χ2n) is 6.83. The molecule has 2 N–H and O–H groups in total. The maximum Gasteiger partial charge on any atom is 0.307 e. The van der Waals surface area contributed by atoms with Gasteiger partial charge < -0.3 is 15.3 Å². The molecule has 0 fully saturated rings. The lowest BCUT2D eigenvalue weighted by Crippen LogP contribution is -2.25. The number of carboxylic acids is 1. The van der Waals surface area contributed by atoms with Gasteiger partial charge in [0.1, 0.15) is 0 Å². The first-order valence-corrected chi connectivity index (χ1v) is 8.97. The number of allylic oxidation sites excluding steroid dienone is 1. The Morgan fingerprint density at radius 3 is 2.77 bits per heavy atom. The minimum Gasteiger partial charge on any atom is -0.481 e. The summed E-state index contributed by atoms with van der Waals surface area (Å²) in [6.45, 7) is -0.0828. The molecule has 1 amide bonds. The second-order valence-corrected chi connectivity index (χ2v) is 6.83. The lowest BCUT2D eigenvalue weighted by Gasteiger charge is -2.23. The Labute approximate surface area is 169 Å². The number of benzene rings is 2. The van der Waals surface area contributed by atoms with Crippen LogP contribution in [0.25, 0.3) is 0 Å². The summed E-state index contributed by atoms with van der Waals surface area (Å²) in [7, 11) is 0. The van der Waals surface area contributed by atoms with Gasteiger partial charge in [-0.1, -0.05) is 18.2 Å². The lowest BCUT2D eigenvalue weighted by atomic mass is 9.90. The summed E-state index contributed by atoms with van der Waals surface area (Å²) >= 11 is 0. The molecule has 9 heteroatoms. The van der Waals surface area contributed by atoms with Crippen LogP contribution in [0.2, 0.25) is 0 Å². The Morgan fingerprint density at radius 1 is 1.23 bits per heavy atom. The number of aliphatic carboxylic acids is 1. The fraction of sp³-hybridized carbons (Fsp3) is 0.143. The third-order valence-electron chi connectivity index (χ3n) is 5.09. The van der Waals surface area contributed by atoms with Crippen molar-refractivity contribution in [2.45, 2.75) is 18.9 Å². The largest absolute Gasteiger partial charge is 0.481 e. The standard InChI is InChI=1S/C21H15F2N3O4/c22-13-3-1-2-12(20(13)23)9-26-14-5-4-11(6-17(29)30)21(25-10-27)19(14)18-15(26)7-24-8-16(18)28/h1-5,7-8,10,18H,6,9H2,(H,25,27)(H,29,30). The van der Waals surface area contributed by atoms with Gasteiger partial charge in [-0.15, -0.1) is 0 Å². The van der Waals surface area contributed by atoms with E-state index in [9.17, 15) is 28.3 Å². The minimum atomic E-state index is -1.10. The van der Waals surface area contributed by atoms with Gasteiger partial charge in [0.05, 0.1) is 36.5 Å². The Kier molecular flexibility index (Phi) is 4.86. The zero-order valence-corrected chi connectivity index (χ0v) is 15.4. The van der Waals surface area contributed by atoms with Crippen LogP contribution >= 0.6 is 0 Å². The van der Waals surface area contributed by atoms with Crippen LogP contribution in [0, 0.1) is 11.6 Å². The van der Waals surface area contributed by atoms with E-state index in [1.807, 2.05) is 0 Å². The number of anilines is 2. The average Bonchev–Trinajstić information content (AvgIpc) is 3.02. The second kappa shape index (κ2) is 7.51. The fourth-order valence-electron chi connectivity index (χ4n) is 3.87. The number of aliphatic imine (C=N–C) groups is 1. The summed E-state index contributed by atoms with van der Waals surface area (Å²) < 4.78 is 28.0. The summed E-state index contributed by atoms with van der Waals surface area (Å²) in [6, 6.07) is 6.96. The summed E-state index contributed by atoms with van der Waals surface area (Å²) in [4.78, 5) is 40.7. The van der Waals surface area contributed by atoms with Crippen molar-refractivity contribution in [3.63, 3.8) is 0 Å². The highest BCUT2D eigenvalue weighted by molar-refractivity contribution is 6.33. The SMILES string of the molecule is O=CNc1c(CC(=O)O)ccc2c1C1C(=O)C=NC=C1N2Cc1cccc(F)c1F. The van der Waals surface area contributed by atoms with Crippen molar-refractivity contribution in [1.82, 2.24) is 0 Å². The van der Waals surface area contributed by atoms with Crippen molar-refractivity contribution < 1.29 is 28.3 Å². The molecule has 4 rings (SSSR count). The molecular weight excluding hydrogens is 396 g/mol. The molecule has 0 saturated heterocycles. The molecule has 2 aliphatic heterocycles. The van der Waals surface area contributed by atoms with E-state index >= 15 is 0 Å². The predicted octanol–water partition coefficient (Wildman–Crippen LogP) is 2.76. The van der Waals surface area contributed by atoms with Gasteiger partial charge in [-0.2, -0.15) is 0 Å². The van der Waals surface area contributed by atoms with E-state index in [4.69, 9.17) is 0 Å². The topological polar surface area (TPSA) is 99.1 Å². The van der Waals surface area contributed by atoms with Gasteiger partial charge in [-0.25, -0.2) is 8.78 Å². The zero-order chi connectivity index (χ0) is 21.4. The molecule has 7 nitrogen and oxygen atoms in total. The van der Waals surface area contributed by atoms with E-state index in [1.165, 1.54) is 24.4 Å². The number of nitrogens with zero attached hydrogens (tertiary/aromatic N) is 2. The zero-order valence-electron chi connectivity index (χ0n) is 15.4. The van der Waals surface area contributed by atoms with Crippen LogP contribution in [0.4, 0.5) is 20.2 Å². The maximum atomic E-state index is 14.3. The molecule has 0 aromatic heterocycles. The highest BCUT2D eigenvalue weighted by Gasteiger charge is 2.42. The number of hydrogen-bond acceptors (Lipinski definition) is 5. The smallest absolute Gasteiger partial charge is 0.307 e. The minimum absolute atomic E-state index is 0.0732. The molecule has 0 aliphatic carbocycles. The number of halogens is 2. The van der Waals surface area contributed by atoms with Crippen LogP contribution in [0.5, 0.6) is 0 Å². The van der Waals surface area contributed by atoms with Gasteiger partial charge in [0.15, 0.2) is 17.4 Å². The van der Waals surface area contributed by atoms with Gasteiger partial charge in [-0.3, -0.25) is 19.4 Å². The van der Waals surface area contributed by atoms with Crippen LogP contribution < -0.4 is 10.2 Å². The van der Waals surface area contributed by atoms with Crippen LogP contribution in [0.3, 0.4) is 0 Å². The van der Waals surface area contributed by atoms with Crippen LogP contribution in [0.15, 0.2) is 47.2 Å². The van der Waals surface area contributed by atoms with Gasteiger partial charge >= 0.3 is 5.97 Å². The van der Waals surface area contributed by atoms with Crippen LogP contribution in [-0.4, -0.2) is 29.5 Å². The Morgan fingerprint density at radius 2 is 2.03 bits per heavy atom. The molecule has 2 aromatic rings. The van der Waals surface area contributed by atoms with E-state index in [2.05, 4.69) is 10.3 Å². The average molecular weight is 411 g/mol. The fourth-order valence-corrected chi connectivity index (χ4v) is 3.87. The number of carbonyl (C=O) groups is 3. The number of hydrogen-bond donors (Lipinski definition) is 2. The number of amides is 1. The van der Waals surface area contributed by atoms with E-state index in [0.29, 0.717) is 28.9 Å². The van der Waals surface area contributed by atoms with Crippen molar-refractivity contribution in [3.05, 3.63) is 70.6 Å². The van der Waals surface area contributed by atoms with Crippen molar-refractivity contribution in [2.75, 3.05) is 10.2 Å². The first-order valence-electron chi connectivity index (χ1n) is 8.97. The van der Waals surface area contributed by atoms with E-state index in [1.54, 1.807) is 11.0 Å². The molecule has 0 saturated carbocycles. The molecular formula is C21H15F2N3O4. The van der Waals surface area contributed by atoms with Crippen molar-refractivity contribution in [3.8, 4) is 0 Å². The maximum absolute atomic E-state index is 14.3. The molecule has 2 aliphatic rings. The molecule has 2 aromatic carbocycles. The number of Topliss-reactive ketones (excluding diaryl/α,β-unsaturated/α-hetero) is 1. The molecule has 1 unspecified atom stereocenters. The number of rotatable bonds is 6. The van der Waals surface area contributed by atoms with Crippen LogP contribution in [0.1, 0.15) is 22.6 Å². The van der Waals surface area contributed by atoms with Crippen molar-refractivity contribution in [2.24, 2.45) is 4.99 Å². The van der Waals surface area contributed by atoms with E-state index in [0.717, 1.165) is 12.3 Å². The van der Waals surface area contributed by atoms with Crippen LogP contribution in [-0.2, 0) is 27.3 Å². The highest BCUT2D eigenvalue weighted by Crippen LogP contribution is 2.50. The Balaban J connectivity index is 1.89. The van der Waals surface area contributed by atoms with E-state index in [-0.39, 0.29) is 30.0 Å². The molecule has 152 valence electrons. The quantitative estimate of drug-likeness (QED) is 0.713. The molecule has 0 bridgehead atoms. The van der Waals surface area contributed by atoms with Gasteiger partial charge in [-0.05, 0) is 17.7 Å². The Hall–Kier alpha value is -3.88. The lowest BCUT2D eigenvalue weighted by molar-refractivity contribution is -0.136. The molecule has 0 spiro atoms. The van der Waals surface area contributed by atoms with Crippen molar-refractivity contribution >= 4 is 35.8 Å². The summed E-state index contributed by atoms with van der Waals surface area (Å²) in [6.07, 6.45) is 2.63. The molecule has 0 radical (unpaired) electrons. The number of carboxylic acid groups (broad SMARTS) is 1. The molecule has 30 heavy (non-hydrogen) atoms. The number of ketones is 1. The van der Waals surface area contributed by atoms with E-state index < -0.39 is 23.5 Å².